The lowest BCUT2D eigenvalue weighted by molar-refractivity contribution is 0.0525. The van der Waals surface area contributed by atoms with E-state index in [2.05, 4.69) is 28.8 Å². The second kappa shape index (κ2) is 11.2. The third-order valence-electron chi connectivity index (χ3n) is 8.78. The predicted octanol–water partition coefficient (Wildman–Crippen LogP) is 6.72. The number of allylic oxidation sites excluding steroid dienone is 1. The first-order chi connectivity index (χ1) is 20.4. The zero-order valence-corrected chi connectivity index (χ0v) is 24.8. The molecule has 2 aliphatic rings. The molecule has 218 valence electrons. The predicted molar refractivity (Wildman–Crippen MR) is 165 cm³/mol. The van der Waals surface area contributed by atoms with Crippen LogP contribution < -0.4 is 10.5 Å². The molecule has 0 atom stereocenters. The number of carbonyl (C=O) groups excluding carboxylic acids is 2. The topological polar surface area (TPSA) is 101 Å². The molecule has 1 aliphatic heterocycles. The van der Waals surface area contributed by atoms with Gasteiger partial charge in [-0.3, -0.25) is 9.48 Å². The monoisotopic (exact) mass is 566 g/mol. The SMILES string of the molecule is CCOC(=O)c1c(C)nn(CC)c1C1=Cc2cc(OC)ccc2-c2c(C3CCCCC3)c3ccc(C(N)=O)cc3n2C1. The lowest BCUT2D eigenvalue weighted by Crippen LogP contribution is -2.13. The molecule has 0 saturated heterocycles. The molecule has 2 N–H and O–H groups in total. The summed E-state index contributed by atoms with van der Waals surface area (Å²) in [6, 6.07) is 12.0. The molecule has 1 amide bonds. The number of methoxy groups -OCH3 is 1. The van der Waals surface area contributed by atoms with E-state index in [4.69, 9.17) is 20.3 Å². The lowest BCUT2D eigenvalue weighted by atomic mass is 9.81. The van der Waals surface area contributed by atoms with E-state index in [1.165, 1.54) is 24.8 Å². The fraction of sp³-hybridized carbons (Fsp3) is 0.382. The van der Waals surface area contributed by atoms with E-state index in [1.807, 2.05) is 43.7 Å². The number of benzene rings is 2. The van der Waals surface area contributed by atoms with Crippen LogP contribution in [0.15, 0.2) is 36.4 Å². The van der Waals surface area contributed by atoms with Gasteiger partial charge in [-0.1, -0.05) is 25.3 Å². The summed E-state index contributed by atoms with van der Waals surface area (Å²) in [6.07, 6.45) is 8.08. The van der Waals surface area contributed by atoms with Crippen LogP contribution in [0, 0.1) is 6.92 Å². The van der Waals surface area contributed by atoms with E-state index in [0.29, 0.717) is 35.8 Å². The number of esters is 1. The molecule has 0 bridgehead atoms. The molecule has 4 aromatic rings. The molecule has 0 radical (unpaired) electrons. The van der Waals surface area contributed by atoms with Crippen LogP contribution in [0.1, 0.15) is 95.1 Å². The van der Waals surface area contributed by atoms with E-state index in [1.54, 1.807) is 7.11 Å². The van der Waals surface area contributed by atoms with E-state index in [-0.39, 0.29) is 12.6 Å². The molecule has 8 heteroatoms. The Hall–Kier alpha value is -4.33. The molecule has 1 fully saturated rings. The Morgan fingerprint density at radius 1 is 1.05 bits per heavy atom. The molecule has 1 saturated carbocycles. The summed E-state index contributed by atoms with van der Waals surface area (Å²) in [4.78, 5) is 25.6. The van der Waals surface area contributed by atoms with Crippen molar-refractivity contribution in [1.82, 2.24) is 14.3 Å². The molecule has 2 aromatic heterocycles. The summed E-state index contributed by atoms with van der Waals surface area (Å²) in [7, 11) is 1.67. The zero-order valence-electron chi connectivity index (χ0n) is 24.8. The third kappa shape index (κ3) is 4.59. The third-order valence-corrected chi connectivity index (χ3v) is 8.78. The second-order valence-electron chi connectivity index (χ2n) is 11.2. The van der Waals surface area contributed by atoms with Crippen molar-refractivity contribution in [2.75, 3.05) is 13.7 Å². The average molecular weight is 567 g/mol. The maximum absolute atomic E-state index is 13.3. The van der Waals surface area contributed by atoms with Gasteiger partial charge in [-0.25, -0.2) is 4.79 Å². The van der Waals surface area contributed by atoms with Crippen molar-refractivity contribution < 1.29 is 19.1 Å². The number of aryl methyl sites for hydroxylation is 2. The van der Waals surface area contributed by atoms with E-state index < -0.39 is 5.91 Å². The van der Waals surface area contributed by atoms with Crippen LogP contribution in [0.4, 0.5) is 0 Å². The molecule has 8 nitrogen and oxygen atoms in total. The van der Waals surface area contributed by atoms with Crippen LogP contribution in [0.25, 0.3) is 33.8 Å². The van der Waals surface area contributed by atoms with Gasteiger partial charge in [0.2, 0.25) is 5.91 Å². The van der Waals surface area contributed by atoms with Crippen molar-refractivity contribution in [1.29, 1.82) is 0 Å². The van der Waals surface area contributed by atoms with E-state index >= 15 is 0 Å². The summed E-state index contributed by atoms with van der Waals surface area (Å²) < 4.78 is 15.4. The highest BCUT2D eigenvalue weighted by molar-refractivity contribution is 6.04. The number of primary amides is 1. The fourth-order valence-corrected chi connectivity index (χ4v) is 6.92. The summed E-state index contributed by atoms with van der Waals surface area (Å²) in [6.45, 7) is 7.04. The molecule has 2 aromatic carbocycles. The molecule has 3 heterocycles. The van der Waals surface area contributed by atoms with Crippen LogP contribution >= 0.6 is 0 Å². The molecule has 0 unspecified atom stereocenters. The van der Waals surface area contributed by atoms with Crippen molar-refractivity contribution in [2.24, 2.45) is 5.73 Å². The van der Waals surface area contributed by atoms with Gasteiger partial charge in [-0.15, -0.1) is 0 Å². The molecule has 42 heavy (non-hydrogen) atoms. The van der Waals surface area contributed by atoms with Gasteiger partial charge in [0.25, 0.3) is 0 Å². The number of hydrogen-bond acceptors (Lipinski definition) is 5. The quantitative estimate of drug-likeness (QED) is 0.250. The van der Waals surface area contributed by atoms with Gasteiger partial charge in [-0.2, -0.15) is 5.10 Å². The first kappa shape index (κ1) is 27.8. The standard InChI is InChI=1S/C34H38N4O4/c1-5-38-31(29(20(3)36-38)34(40)42-6-2)24-16-23-17-25(41-4)13-15-26(23)32-30(21-10-8-7-9-11-21)27-14-12-22(33(35)39)18-28(27)37(32)19-24/h12-18,21H,5-11,19H2,1-4H3,(H2,35,39). The smallest absolute Gasteiger partial charge is 0.342 e. The first-order valence-electron chi connectivity index (χ1n) is 15.0. The largest absolute Gasteiger partial charge is 0.497 e. The van der Waals surface area contributed by atoms with Crippen LogP contribution in [0.5, 0.6) is 5.75 Å². The summed E-state index contributed by atoms with van der Waals surface area (Å²) in [5.74, 6) is 0.338. The number of nitrogens with zero attached hydrogens (tertiary/aromatic N) is 3. The van der Waals surface area contributed by atoms with E-state index in [0.717, 1.165) is 57.6 Å². The average Bonchev–Trinajstić information content (AvgIpc) is 3.45. The minimum atomic E-state index is -0.453. The highest BCUT2D eigenvalue weighted by Crippen LogP contribution is 2.48. The normalized spacial score (nSPS) is 15.1. The van der Waals surface area contributed by atoms with Crippen LogP contribution in [0.3, 0.4) is 0 Å². The van der Waals surface area contributed by atoms with E-state index in [9.17, 15) is 9.59 Å². The van der Waals surface area contributed by atoms with Gasteiger partial charge in [0.05, 0.1) is 37.3 Å². The van der Waals surface area contributed by atoms with Crippen LogP contribution in [-0.4, -0.2) is 39.9 Å². The minimum Gasteiger partial charge on any atom is -0.497 e. The zero-order chi connectivity index (χ0) is 29.5. The van der Waals surface area contributed by atoms with Crippen molar-refractivity contribution >= 4 is 34.4 Å². The Labute approximate surface area is 246 Å². The maximum Gasteiger partial charge on any atom is 0.342 e. The van der Waals surface area contributed by atoms with Crippen molar-refractivity contribution in [3.63, 3.8) is 0 Å². The Bertz CT molecular complexity index is 1740. The number of ether oxygens (including phenoxy) is 2. The number of amides is 1. The second-order valence-corrected chi connectivity index (χ2v) is 11.2. The molecular formula is C34H38N4O4. The summed E-state index contributed by atoms with van der Waals surface area (Å²) in [5, 5.41) is 5.89. The number of nitrogens with two attached hydrogens (primary N) is 1. The Kier molecular flexibility index (Phi) is 7.39. The number of hydrogen-bond donors (Lipinski definition) is 1. The van der Waals surface area contributed by atoms with Gasteiger partial charge < -0.3 is 19.8 Å². The van der Waals surface area contributed by atoms with Gasteiger partial charge >= 0.3 is 5.97 Å². The van der Waals surface area contributed by atoms with Gasteiger partial charge in [-0.05, 0) is 92.6 Å². The van der Waals surface area contributed by atoms with Crippen LogP contribution in [0.2, 0.25) is 0 Å². The first-order valence-corrected chi connectivity index (χ1v) is 15.0. The number of rotatable bonds is 7. The Morgan fingerprint density at radius 3 is 2.52 bits per heavy atom. The Morgan fingerprint density at radius 2 is 1.83 bits per heavy atom. The van der Waals surface area contributed by atoms with Gasteiger partial charge in [0.1, 0.15) is 11.3 Å². The van der Waals surface area contributed by atoms with Gasteiger partial charge in [0, 0.05) is 28.6 Å². The maximum atomic E-state index is 13.3. The highest BCUT2D eigenvalue weighted by Gasteiger charge is 2.32. The summed E-state index contributed by atoms with van der Waals surface area (Å²) >= 11 is 0. The van der Waals surface area contributed by atoms with Gasteiger partial charge in [0.15, 0.2) is 0 Å². The number of carbonyl (C=O) groups is 2. The lowest BCUT2D eigenvalue weighted by Gasteiger charge is -2.24. The van der Waals surface area contributed by atoms with Crippen molar-refractivity contribution in [3.8, 4) is 17.0 Å². The van der Waals surface area contributed by atoms with Crippen LogP contribution in [-0.2, 0) is 17.8 Å². The summed E-state index contributed by atoms with van der Waals surface area (Å²) in [5.41, 5.74) is 14.6. The number of aromatic nitrogens is 3. The highest BCUT2D eigenvalue weighted by atomic mass is 16.5. The molecule has 1 aliphatic carbocycles. The fourth-order valence-electron chi connectivity index (χ4n) is 6.92. The minimum absolute atomic E-state index is 0.279. The Balaban J connectivity index is 1.69. The molecular weight excluding hydrogens is 528 g/mol. The number of fused-ring (bicyclic) bond motifs is 5. The molecule has 0 spiro atoms. The van der Waals surface area contributed by atoms with Crippen molar-refractivity contribution in [2.45, 2.75) is 71.9 Å². The van der Waals surface area contributed by atoms with Crippen molar-refractivity contribution in [3.05, 3.63) is 70.0 Å². The molecule has 6 rings (SSSR count).